The summed E-state index contributed by atoms with van der Waals surface area (Å²) in [5.74, 6) is 0.496. The van der Waals surface area contributed by atoms with Crippen molar-refractivity contribution in [1.29, 1.82) is 0 Å². The summed E-state index contributed by atoms with van der Waals surface area (Å²) < 4.78 is 5.12. The van der Waals surface area contributed by atoms with E-state index in [0.717, 1.165) is 18.5 Å². The Morgan fingerprint density at radius 1 is 1.32 bits per heavy atom. The molecule has 0 aliphatic heterocycles. The van der Waals surface area contributed by atoms with Gasteiger partial charge in [-0.05, 0) is 38.9 Å². The van der Waals surface area contributed by atoms with Gasteiger partial charge in [-0.2, -0.15) is 0 Å². The highest BCUT2D eigenvalue weighted by molar-refractivity contribution is 6.59. The molecule has 0 unspecified atom stereocenters. The van der Waals surface area contributed by atoms with Gasteiger partial charge in [0.1, 0.15) is 5.75 Å². The minimum atomic E-state index is -1.51. The van der Waals surface area contributed by atoms with Gasteiger partial charge >= 0.3 is 7.12 Å². The van der Waals surface area contributed by atoms with Crippen LogP contribution < -0.4 is 10.2 Å². The molecule has 0 spiro atoms. The molecule has 0 aliphatic rings. The van der Waals surface area contributed by atoms with Gasteiger partial charge in [-0.25, -0.2) is 0 Å². The molecule has 0 aromatic heterocycles. The Bertz CT molecular complexity index is 421. The smallest absolute Gasteiger partial charge is 0.492 e. The predicted octanol–water partition coefficient (Wildman–Crippen LogP) is 0.995. The fourth-order valence-corrected chi connectivity index (χ4v) is 1.84. The van der Waals surface area contributed by atoms with E-state index in [1.54, 1.807) is 12.1 Å². The van der Waals surface area contributed by atoms with Gasteiger partial charge < -0.3 is 14.8 Å². The van der Waals surface area contributed by atoms with Gasteiger partial charge in [-0.3, -0.25) is 4.90 Å². The van der Waals surface area contributed by atoms with E-state index < -0.39 is 7.12 Å². The van der Waals surface area contributed by atoms with Crippen LogP contribution in [0.3, 0.4) is 0 Å². The molecule has 0 saturated carbocycles. The molecule has 0 saturated heterocycles. The minimum absolute atomic E-state index is 0.109. The lowest BCUT2D eigenvalue weighted by atomic mass is 9.78. The van der Waals surface area contributed by atoms with Gasteiger partial charge in [0.15, 0.2) is 0 Å². The number of benzene rings is 1. The van der Waals surface area contributed by atoms with E-state index in [0.29, 0.717) is 11.2 Å². The Morgan fingerprint density at radius 3 is 2.42 bits per heavy atom. The monoisotopic (exact) mass is 265 g/mol. The van der Waals surface area contributed by atoms with Crippen LogP contribution >= 0.6 is 0 Å². The van der Waals surface area contributed by atoms with Crippen molar-refractivity contribution in [2.45, 2.75) is 39.3 Å². The van der Waals surface area contributed by atoms with Gasteiger partial charge in [0.05, 0.1) is 7.11 Å². The lowest BCUT2D eigenvalue weighted by Crippen LogP contribution is -2.40. The molecule has 0 aliphatic carbocycles. The molecular weight excluding hydrogens is 241 g/mol. The highest BCUT2D eigenvalue weighted by Crippen LogP contribution is 2.20. The number of hydrogen-bond acceptors (Lipinski definition) is 4. The average Bonchev–Trinajstić information content (AvgIpc) is 2.38. The first-order chi connectivity index (χ1) is 8.81. The zero-order chi connectivity index (χ0) is 14.6. The molecule has 0 atom stereocenters. The fourth-order valence-electron chi connectivity index (χ4n) is 1.84. The molecule has 1 aromatic rings. The summed E-state index contributed by atoms with van der Waals surface area (Å²) in [5, 5.41) is 18.7. The summed E-state index contributed by atoms with van der Waals surface area (Å²) in [6.45, 7) is 7.30. The van der Waals surface area contributed by atoms with Gasteiger partial charge in [0.25, 0.3) is 0 Å². The molecule has 106 valence electrons. The molecular formula is C14H24BNO3. The summed E-state index contributed by atoms with van der Waals surface area (Å²) in [6.07, 6.45) is 1.05. The lowest BCUT2D eigenvalue weighted by molar-refractivity contribution is 0.143. The Balaban J connectivity index is 2.94. The van der Waals surface area contributed by atoms with Gasteiger partial charge in [0, 0.05) is 17.5 Å². The number of methoxy groups -OCH3 is 1. The molecule has 0 amide bonds. The van der Waals surface area contributed by atoms with Crippen molar-refractivity contribution >= 4 is 12.6 Å². The van der Waals surface area contributed by atoms with Crippen LogP contribution in [-0.2, 0) is 6.54 Å². The number of rotatable bonds is 6. The van der Waals surface area contributed by atoms with E-state index >= 15 is 0 Å². The van der Waals surface area contributed by atoms with Crippen molar-refractivity contribution in [1.82, 2.24) is 4.90 Å². The largest absolute Gasteiger partial charge is 0.497 e. The van der Waals surface area contributed by atoms with Crippen molar-refractivity contribution < 1.29 is 14.8 Å². The van der Waals surface area contributed by atoms with Gasteiger partial charge in [-0.1, -0.05) is 19.1 Å². The van der Waals surface area contributed by atoms with Crippen LogP contribution in [0.4, 0.5) is 0 Å². The Hall–Kier alpha value is -1.04. The summed E-state index contributed by atoms with van der Waals surface area (Å²) in [4.78, 5) is 2.25. The fraction of sp³-hybridized carbons (Fsp3) is 0.571. The number of nitrogens with zero attached hydrogens (tertiary/aromatic N) is 1. The van der Waals surface area contributed by atoms with E-state index in [-0.39, 0.29) is 5.54 Å². The summed E-state index contributed by atoms with van der Waals surface area (Å²) in [7, 11) is 2.08. The van der Waals surface area contributed by atoms with Crippen LogP contribution in [0.5, 0.6) is 5.75 Å². The zero-order valence-corrected chi connectivity index (χ0v) is 12.5. The van der Waals surface area contributed by atoms with Crippen LogP contribution in [0.1, 0.15) is 32.8 Å². The quantitative estimate of drug-likeness (QED) is 0.753. The molecule has 2 N–H and O–H groups in total. The summed E-state index contributed by atoms with van der Waals surface area (Å²) >= 11 is 0. The van der Waals surface area contributed by atoms with Crippen molar-refractivity contribution in [2.24, 2.45) is 0 Å². The maximum absolute atomic E-state index is 9.36. The zero-order valence-electron chi connectivity index (χ0n) is 12.5. The van der Waals surface area contributed by atoms with E-state index in [4.69, 9.17) is 4.74 Å². The van der Waals surface area contributed by atoms with Gasteiger partial charge in [0.2, 0.25) is 0 Å². The molecule has 0 radical (unpaired) electrons. The molecule has 0 fully saturated rings. The third-order valence-corrected chi connectivity index (χ3v) is 3.89. The van der Waals surface area contributed by atoms with Crippen LogP contribution in [-0.4, -0.2) is 41.8 Å². The second-order valence-electron chi connectivity index (χ2n) is 5.47. The van der Waals surface area contributed by atoms with Gasteiger partial charge in [-0.15, -0.1) is 0 Å². The van der Waals surface area contributed by atoms with Crippen molar-refractivity contribution in [2.75, 3.05) is 14.2 Å². The highest BCUT2D eigenvalue weighted by atomic mass is 16.5. The topological polar surface area (TPSA) is 52.9 Å². The maximum Gasteiger partial charge on any atom is 0.492 e. The standard InChI is InChI=1S/C14H24BNO3/c1-6-14(2,3)16(4)10-11-7-8-13(19-5)12(9-11)15(17)18/h7-9,17-18H,6,10H2,1-5H3. The number of ether oxygens (including phenoxy) is 1. The molecule has 5 heteroatoms. The molecule has 1 aromatic carbocycles. The lowest BCUT2D eigenvalue weighted by Gasteiger charge is -2.35. The minimum Gasteiger partial charge on any atom is -0.497 e. The Morgan fingerprint density at radius 2 is 1.95 bits per heavy atom. The van der Waals surface area contributed by atoms with E-state index in [2.05, 4.69) is 32.7 Å². The molecule has 1 rings (SSSR count). The third-order valence-electron chi connectivity index (χ3n) is 3.89. The second kappa shape index (κ2) is 6.41. The molecule has 0 bridgehead atoms. The Labute approximate surface area is 116 Å². The predicted molar refractivity (Wildman–Crippen MR) is 78.7 cm³/mol. The number of hydrogen-bond donors (Lipinski definition) is 2. The normalized spacial score (nSPS) is 11.8. The van der Waals surface area contributed by atoms with E-state index in [1.165, 1.54) is 7.11 Å². The summed E-state index contributed by atoms with van der Waals surface area (Å²) in [6, 6.07) is 5.51. The van der Waals surface area contributed by atoms with Crippen LogP contribution in [0.25, 0.3) is 0 Å². The van der Waals surface area contributed by atoms with Crippen molar-refractivity contribution in [3.63, 3.8) is 0 Å². The second-order valence-corrected chi connectivity index (χ2v) is 5.47. The molecule has 19 heavy (non-hydrogen) atoms. The maximum atomic E-state index is 9.36. The SMILES string of the molecule is CCC(C)(C)N(C)Cc1ccc(OC)c(B(O)O)c1. The van der Waals surface area contributed by atoms with E-state index in [1.807, 2.05) is 6.07 Å². The van der Waals surface area contributed by atoms with Crippen LogP contribution in [0, 0.1) is 0 Å². The van der Waals surface area contributed by atoms with Crippen LogP contribution in [0.15, 0.2) is 18.2 Å². The first-order valence-corrected chi connectivity index (χ1v) is 6.56. The van der Waals surface area contributed by atoms with Crippen molar-refractivity contribution in [3.05, 3.63) is 23.8 Å². The highest BCUT2D eigenvalue weighted by Gasteiger charge is 2.22. The molecule has 4 nitrogen and oxygen atoms in total. The Kier molecular flexibility index (Phi) is 5.41. The third kappa shape index (κ3) is 3.96. The first-order valence-electron chi connectivity index (χ1n) is 6.56. The first kappa shape index (κ1) is 16.0. The van der Waals surface area contributed by atoms with Crippen LogP contribution in [0.2, 0.25) is 0 Å². The van der Waals surface area contributed by atoms with Crippen molar-refractivity contribution in [3.8, 4) is 5.75 Å². The van der Waals surface area contributed by atoms with E-state index in [9.17, 15) is 10.0 Å². The summed E-state index contributed by atoms with van der Waals surface area (Å²) in [5.41, 5.74) is 1.55. The average molecular weight is 265 g/mol. The molecule has 0 heterocycles.